The zero-order valence-electron chi connectivity index (χ0n) is 9.65. The predicted octanol–water partition coefficient (Wildman–Crippen LogP) is 1.66. The molecule has 0 aromatic carbocycles. The lowest BCUT2D eigenvalue weighted by atomic mass is 10.5. The lowest BCUT2D eigenvalue weighted by Gasteiger charge is -2.03. The van der Waals surface area contributed by atoms with Crippen LogP contribution in [0, 0.1) is 0 Å². The van der Waals surface area contributed by atoms with Crippen molar-refractivity contribution in [1.29, 1.82) is 0 Å². The van der Waals surface area contributed by atoms with Crippen molar-refractivity contribution in [2.45, 2.75) is 18.2 Å². The normalized spacial score (nSPS) is 11.4. The van der Waals surface area contributed by atoms with Crippen LogP contribution in [0.4, 0.5) is 5.13 Å². The summed E-state index contributed by atoms with van der Waals surface area (Å²) >= 11 is 1.97. The molecule has 0 bridgehead atoms. The molecule has 0 unspecified atom stereocenters. The third kappa shape index (κ3) is 2.91. The van der Waals surface area contributed by atoms with E-state index in [2.05, 4.69) is 14.9 Å². The van der Waals surface area contributed by atoms with Crippen LogP contribution in [-0.2, 0) is 16.4 Å². The molecule has 0 aliphatic heterocycles. The SMILES string of the molecule is CCc1nnc(NS(=O)(=O)c2ccsc2C(=O)O)s1. The Morgan fingerprint density at radius 3 is 2.79 bits per heavy atom. The van der Waals surface area contributed by atoms with Gasteiger partial charge in [0.15, 0.2) is 0 Å². The first-order chi connectivity index (χ1) is 8.94. The quantitative estimate of drug-likeness (QED) is 0.867. The Bertz CT molecular complexity index is 704. The van der Waals surface area contributed by atoms with Gasteiger partial charge in [-0.15, -0.1) is 21.5 Å². The number of rotatable bonds is 5. The van der Waals surface area contributed by atoms with Gasteiger partial charge in [-0.05, 0) is 17.9 Å². The predicted molar refractivity (Wildman–Crippen MR) is 71.4 cm³/mol. The minimum atomic E-state index is -3.95. The summed E-state index contributed by atoms with van der Waals surface area (Å²) in [5, 5.41) is 18.6. The maximum atomic E-state index is 12.1. The van der Waals surface area contributed by atoms with E-state index in [4.69, 9.17) is 5.11 Å². The van der Waals surface area contributed by atoms with Crippen molar-refractivity contribution in [2.24, 2.45) is 0 Å². The van der Waals surface area contributed by atoms with E-state index in [9.17, 15) is 13.2 Å². The number of carboxylic acids is 1. The summed E-state index contributed by atoms with van der Waals surface area (Å²) in [5.74, 6) is -1.28. The summed E-state index contributed by atoms with van der Waals surface area (Å²) in [4.78, 5) is 10.4. The smallest absolute Gasteiger partial charge is 0.347 e. The second-order valence-corrected chi connectivity index (χ2v) is 7.01. The number of aryl methyl sites for hydroxylation is 1. The third-order valence-corrected chi connectivity index (χ3v) is 5.63. The van der Waals surface area contributed by atoms with Crippen molar-refractivity contribution in [3.05, 3.63) is 21.3 Å². The molecule has 0 fully saturated rings. The molecule has 0 aliphatic rings. The van der Waals surface area contributed by atoms with Crippen molar-refractivity contribution in [1.82, 2.24) is 10.2 Å². The summed E-state index contributed by atoms with van der Waals surface area (Å²) in [6, 6.07) is 1.25. The molecule has 7 nitrogen and oxygen atoms in total. The zero-order valence-corrected chi connectivity index (χ0v) is 12.1. The molecule has 19 heavy (non-hydrogen) atoms. The van der Waals surface area contributed by atoms with Gasteiger partial charge in [-0.2, -0.15) is 0 Å². The molecule has 0 aliphatic carbocycles. The van der Waals surface area contributed by atoms with Crippen LogP contribution < -0.4 is 4.72 Å². The molecule has 0 saturated heterocycles. The molecule has 0 saturated carbocycles. The van der Waals surface area contributed by atoms with Crippen LogP contribution in [0.1, 0.15) is 21.6 Å². The van der Waals surface area contributed by atoms with Crippen LogP contribution in [0.25, 0.3) is 0 Å². The first-order valence-electron chi connectivity index (χ1n) is 5.10. The highest BCUT2D eigenvalue weighted by molar-refractivity contribution is 7.93. The molecule has 2 rings (SSSR count). The molecule has 0 amide bonds. The molecule has 2 heterocycles. The molecular formula is C9H9N3O4S3. The Labute approximate surface area is 117 Å². The van der Waals surface area contributed by atoms with Crippen molar-refractivity contribution in [3.8, 4) is 0 Å². The Balaban J connectivity index is 2.32. The van der Waals surface area contributed by atoms with E-state index < -0.39 is 16.0 Å². The van der Waals surface area contributed by atoms with E-state index in [1.165, 1.54) is 11.4 Å². The van der Waals surface area contributed by atoms with Gasteiger partial charge in [0.2, 0.25) is 5.13 Å². The first-order valence-corrected chi connectivity index (χ1v) is 8.28. The number of hydrogen-bond donors (Lipinski definition) is 2. The molecule has 0 radical (unpaired) electrons. The van der Waals surface area contributed by atoms with E-state index >= 15 is 0 Å². The Hall–Kier alpha value is -1.52. The molecule has 2 N–H and O–H groups in total. The average molecular weight is 319 g/mol. The second-order valence-electron chi connectivity index (χ2n) is 3.38. The lowest BCUT2D eigenvalue weighted by molar-refractivity contribution is 0.0698. The largest absolute Gasteiger partial charge is 0.477 e. The highest BCUT2D eigenvalue weighted by atomic mass is 32.2. The van der Waals surface area contributed by atoms with Crippen LogP contribution in [0.5, 0.6) is 0 Å². The van der Waals surface area contributed by atoms with E-state index in [1.807, 2.05) is 6.92 Å². The standard InChI is InChI=1S/C9H9N3O4S3/c1-2-6-10-11-9(18-6)12-19(15,16)5-3-4-17-7(5)8(13)14/h3-4H,2H2,1H3,(H,11,12)(H,13,14). The Morgan fingerprint density at radius 2 is 2.21 bits per heavy atom. The molecule has 0 spiro atoms. The summed E-state index contributed by atoms with van der Waals surface area (Å²) < 4.78 is 26.3. The number of anilines is 1. The number of carbonyl (C=O) groups is 1. The van der Waals surface area contributed by atoms with Gasteiger partial charge >= 0.3 is 5.97 Å². The fourth-order valence-electron chi connectivity index (χ4n) is 1.27. The van der Waals surface area contributed by atoms with Gasteiger partial charge in [-0.3, -0.25) is 4.72 Å². The summed E-state index contributed by atoms with van der Waals surface area (Å²) in [7, 11) is -3.95. The van der Waals surface area contributed by atoms with Crippen LogP contribution in [0.3, 0.4) is 0 Å². The van der Waals surface area contributed by atoms with E-state index in [0.717, 1.165) is 22.7 Å². The number of nitrogens with zero attached hydrogens (tertiary/aromatic N) is 2. The summed E-state index contributed by atoms with van der Waals surface area (Å²) in [6.07, 6.45) is 0.651. The summed E-state index contributed by atoms with van der Waals surface area (Å²) in [5.41, 5.74) is 0. The Kier molecular flexibility index (Phi) is 3.83. The lowest BCUT2D eigenvalue weighted by Crippen LogP contribution is -2.15. The molecular weight excluding hydrogens is 310 g/mol. The Morgan fingerprint density at radius 1 is 1.47 bits per heavy atom. The zero-order chi connectivity index (χ0) is 14.0. The minimum Gasteiger partial charge on any atom is -0.477 e. The van der Waals surface area contributed by atoms with Gasteiger partial charge in [-0.25, -0.2) is 13.2 Å². The monoisotopic (exact) mass is 319 g/mol. The number of carboxylic acid groups (broad SMARTS) is 1. The number of aromatic carboxylic acids is 1. The number of hydrogen-bond acceptors (Lipinski definition) is 7. The van der Waals surface area contributed by atoms with Crippen LogP contribution >= 0.6 is 22.7 Å². The van der Waals surface area contributed by atoms with Crippen molar-refractivity contribution >= 4 is 43.8 Å². The van der Waals surface area contributed by atoms with E-state index in [1.54, 1.807) is 0 Å². The summed E-state index contributed by atoms with van der Waals surface area (Å²) in [6.45, 7) is 1.88. The third-order valence-electron chi connectivity index (χ3n) is 2.10. The van der Waals surface area contributed by atoms with Gasteiger partial charge in [0, 0.05) is 0 Å². The maximum Gasteiger partial charge on any atom is 0.347 e. The highest BCUT2D eigenvalue weighted by Crippen LogP contribution is 2.25. The van der Waals surface area contributed by atoms with Gasteiger partial charge in [-0.1, -0.05) is 18.3 Å². The van der Waals surface area contributed by atoms with Crippen molar-refractivity contribution in [2.75, 3.05) is 4.72 Å². The topological polar surface area (TPSA) is 109 Å². The van der Waals surface area contributed by atoms with Crippen molar-refractivity contribution in [3.63, 3.8) is 0 Å². The van der Waals surface area contributed by atoms with Crippen LogP contribution in [-0.4, -0.2) is 29.7 Å². The van der Waals surface area contributed by atoms with Gasteiger partial charge < -0.3 is 5.11 Å². The van der Waals surface area contributed by atoms with Gasteiger partial charge in [0.25, 0.3) is 10.0 Å². The molecule has 0 atom stereocenters. The highest BCUT2D eigenvalue weighted by Gasteiger charge is 2.24. The fraction of sp³-hybridized carbons (Fsp3) is 0.222. The van der Waals surface area contributed by atoms with Gasteiger partial charge in [0.1, 0.15) is 14.8 Å². The van der Waals surface area contributed by atoms with Crippen LogP contribution in [0.15, 0.2) is 16.3 Å². The molecule has 102 valence electrons. The van der Waals surface area contributed by atoms with Crippen LogP contribution in [0.2, 0.25) is 0 Å². The van der Waals surface area contributed by atoms with Crippen molar-refractivity contribution < 1.29 is 18.3 Å². The minimum absolute atomic E-state index is 0.124. The van der Waals surface area contributed by atoms with E-state index in [-0.39, 0.29) is 14.9 Å². The first kappa shape index (κ1) is 13.9. The fourth-order valence-corrected chi connectivity index (χ4v) is 4.44. The van der Waals surface area contributed by atoms with E-state index in [0.29, 0.717) is 11.4 Å². The number of nitrogens with one attached hydrogen (secondary N) is 1. The average Bonchev–Trinajstić information content (AvgIpc) is 2.95. The maximum absolute atomic E-state index is 12.1. The van der Waals surface area contributed by atoms with Gasteiger partial charge in [0.05, 0.1) is 0 Å². The number of thiophene rings is 1. The number of aromatic nitrogens is 2. The number of sulfonamides is 1. The second kappa shape index (κ2) is 5.23. The molecule has 2 aromatic heterocycles. The molecule has 10 heteroatoms. The molecule has 2 aromatic rings.